The molecule has 2 bridgehead atoms. The Morgan fingerprint density at radius 1 is 1.03 bits per heavy atom. The third kappa shape index (κ3) is 3.97. The average molecular weight is 428 g/mol. The molecule has 31 heavy (non-hydrogen) atoms. The number of carbonyl (C=O) groups is 1. The highest BCUT2D eigenvalue weighted by molar-refractivity contribution is 5.81. The van der Waals surface area contributed by atoms with Gasteiger partial charge in [-0.25, -0.2) is 0 Å². The van der Waals surface area contributed by atoms with Crippen molar-refractivity contribution in [3.8, 4) is 0 Å². The van der Waals surface area contributed by atoms with E-state index in [2.05, 4.69) is 10.2 Å². The van der Waals surface area contributed by atoms with Gasteiger partial charge in [-0.05, 0) is 37.7 Å². The lowest BCUT2D eigenvalue weighted by atomic mass is 9.85. The molecule has 0 unspecified atom stereocenters. The first kappa shape index (κ1) is 21.2. The van der Waals surface area contributed by atoms with Crippen LogP contribution in [0.15, 0.2) is 23.0 Å². The van der Waals surface area contributed by atoms with E-state index in [1.807, 2.05) is 16.7 Å². The van der Waals surface area contributed by atoms with Gasteiger partial charge in [0.15, 0.2) is 0 Å². The molecule has 4 aliphatic rings. The van der Waals surface area contributed by atoms with E-state index in [4.69, 9.17) is 0 Å². The van der Waals surface area contributed by atoms with E-state index in [1.54, 1.807) is 6.07 Å². The van der Waals surface area contributed by atoms with Crippen LogP contribution in [-0.4, -0.2) is 45.7 Å². The lowest BCUT2D eigenvalue weighted by Gasteiger charge is -2.40. The molecule has 1 aromatic heterocycles. The van der Waals surface area contributed by atoms with Gasteiger partial charge in [0.05, 0.1) is 12.0 Å². The maximum Gasteiger partial charge on any atom is 0.250 e. The van der Waals surface area contributed by atoms with Crippen LogP contribution in [0.5, 0.6) is 0 Å². The fourth-order valence-electron chi connectivity index (χ4n) is 6.94. The Labute approximate surface area is 185 Å². The minimum absolute atomic E-state index is 0.00613. The molecular formula is C25H37N3O3. The van der Waals surface area contributed by atoms with Crippen LogP contribution < -0.4 is 10.9 Å². The standard InChI is InChI=1S/C25H37N3O3/c29-16-19-21-15-27-20(12-7-13-22(27)30)24(28(21)14-17-8-3-1-4-9-17)23(19)25(31)26-18-10-5-2-6-11-18/h7,12-13,17-19,21,23-24,29H,1-6,8-11,14-16H2,(H,26,31)/t19-,21-,23+,24+/m1/s1. The molecule has 6 nitrogen and oxygen atoms in total. The number of aliphatic hydroxyl groups is 1. The summed E-state index contributed by atoms with van der Waals surface area (Å²) in [5.41, 5.74) is 0.967. The maximum absolute atomic E-state index is 13.6. The second kappa shape index (κ2) is 9.07. The van der Waals surface area contributed by atoms with Gasteiger partial charge in [-0.1, -0.05) is 44.6 Å². The number of fused-ring (bicyclic) bond motifs is 4. The normalized spacial score (nSPS) is 32.0. The zero-order chi connectivity index (χ0) is 21.4. The summed E-state index contributed by atoms with van der Waals surface area (Å²) in [6, 6.07) is 5.66. The van der Waals surface area contributed by atoms with Crippen molar-refractivity contribution >= 4 is 5.91 Å². The highest BCUT2D eigenvalue weighted by atomic mass is 16.3. The molecule has 2 aliphatic heterocycles. The van der Waals surface area contributed by atoms with Gasteiger partial charge in [0, 0.05) is 49.5 Å². The summed E-state index contributed by atoms with van der Waals surface area (Å²) >= 11 is 0. The minimum Gasteiger partial charge on any atom is -0.396 e. The molecule has 0 spiro atoms. The quantitative estimate of drug-likeness (QED) is 0.758. The largest absolute Gasteiger partial charge is 0.396 e. The summed E-state index contributed by atoms with van der Waals surface area (Å²) < 4.78 is 1.86. The highest BCUT2D eigenvalue weighted by Crippen LogP contribution is 2.49. The lowest BCUT2D eigenvalue weighted by molar-refractivity contribution is -0.128. The topological polar surface area (TPSA) is 74.6 Å². The molecule has 1 aromatic rings. The van der Waals surface area contributed by atoms with Crippen molar-refractivity contribution in [2.45, 2.75) is 88.9 Å². The van der Waals surface area contributed by atoms with Gasteiger partial charge in [0.25, 0.3) is 5.56 Å². The first-order chi connectivity index (χ1) is 15.2. The van der Waals surface area contributed by atoms with E-state index in [-0.39, 0.29) is 48.0 Å². The summed E-state index contributed by atoms with van der Waals surface area (Å²) in [5, 5.41) is 13.8. The van der Waals surface area contributed by atoms with E-state index in [0.29, 0.717) is 12.5 Å². The number of rotatable bonds is 5. The fraction of sp³-hybridized carbons (Fsp3) is 0.760. The monoisotopic (exact) mass is 427 g/mol. The van der Waals surface area contributed by atoms with Crippen molar-refractivity contribution in [3.63, 3.8) is 0 Å². The van der Waals surface area contributed by atoms with Crippen molar-refractivity contribution in [1.82, 2.24) is 14.8 Å². The van der Waals surface area contributed by atoms with E-state index < -0.39 is 0 Å². The van der Waals surface area contributed by atoms with Crippen molar-refractivity contribution in [2.75, 3.05) is 13.2 Å². The Hall–Kier alpha value is -1.66. The molecule has 3 heterocycles. The molecule has 0 aromatic carbocycles. The van der Waals surface area contributed by atoms with Gasteiger partial charge in [0.2, 0.25) is 5.91 Å². The Kier molecular flexibility index (Phi) is 6.20. The van der Waals surface area contributed by atoms with E-state index in [9.17, 15) is 14.7 Å². The van der Waals surface area contributed by atoms with Crippen LogP contribution >= 0.6 is 0 Å². The smallest absolute Gasteiger partial charge is 0.250 e. The number of aromatic nitrogens is 1. The molecule has 3 fully saturated rings. The van der Waals surface area contributed by atoms with Gasteiger partial charge < -0.3 is 15.0 Å². The zero-order valence-electron chi connectivity index (χ0n) is 18.5. The predicted molar refractivity (Wildman–Crippen MR) is 120 cm³/mol. The number of nitrogens with zero attached hydrogens (tertiary/aromatic N) is 2. The summed E-state index contributed by atoms with van der Waals surface area (Å²) in [6.45, 7) is 1.55. The van der Waals surface area contributed by atoms with Crippen LogP contribution in [0.25, 0.3) is 0 Å². The summed E-state index contributed by atoms with van der Waals surface area (Å²) in [7, 11) is 0. The number of aliphatic hydroxyl groups excluding tert-OH is 1. The van der Waals surface area contributed by atoms with Crippen molar-refractivity contribution in [3.05, 3.63) is 34.2 Å². The molecule has 1 amide bonds. The molecule has 1 saturated heterocycles. The van der Waals surface area contributed by atoms with Gasteiger partial charge in [-0.3, -0.25) is 14.5 Å². The van der Waals surface area contributed by atoms with Crippen molar-refractivity contribution in [1.29, 1.82) is 0 Å². The number of nitrogens with one attached hydrogen (secondary N) is 1. The molecule has 2 saturated carbocycles. The SMILES string of the molecule is O=C(NC1CCCCC1)[C@H]1[C@H](CO)[C@H]2Cn3c(cccc3=O)[C@@H]1N2CC1CCCCC1. The first-order valence-electron chi connectivity index (χ1n) is 12.5. The third-order valence-electron chi connectivity index (χ3n) is 8.49. The number of hydrogen-bond acceptors (Lipinski definition) is 4. The first-order valence-corrected chi connectivity index (χ1v) is 12.5. The molecule has 5 rings (SSSR count). The number of amides is 1. The lowest BCUT2D eigenvalue weighted by Crippen LogP contribution is -2.48. The van der Waals surface area contributed by atoms with Crippen molar-refractivity contribution < 1.29 is 9.90 Å². The van der Waals surface area contributed by atoms with E-state index >= 15 is 0 Å². The fourth-order valence-corrected chi connectivity index (χ4v) is 6.94. The Morgan fingerprint density at radius 2 is 1.74 bits per heavy atom. The number of carbonyl (C=O) groups excluding carboxylic acids is 1. The second-order valence-corrected chi connectivity index (χ2v) is 10.3. The van der Waals surface area contributed by atoms with Gasteiger partial charge in [-0.2, -0.15) is 0 Å². The maximum atomic E-state index is 13.6. The van der Waals surface area contributed by atoms with Crippen LogP contribution in [0.3, 0.4) is 0 Å². The minimum atomic E-state index is -0.295. The molecule has 6 heteroatoms. The molecule has 170 valence electrons. The van der Waals surface area contributed by atoms with Gasteiger partial charge >= 0.3 is 0 Å². The van der Waals surface area contributed by atoms with Crippen LogP contribution in [0.4, 0.5) is 0 Å². The summed E-state index contributed by atoms with van der Waals surface area (Å²) in [4.78, 5) is 28.8. The summed E-state index contributed by atoms with van der Waals surface area (Å²) in [5.74, 6) is 0.310. The zero-order valence-corrected chi connectivity index (χ0v) is 18.5. The molecule has 0 radical (unpaired) electrons. The summed E-state index contributed by atoms with van der Waals surface area (Å²) in [6.07, 6.45) is 12.1. The number of pyridine rings is 1. The van der Waals surface area contributed by atoms with Crippen LogP contribution in [0, 0.1) is 17.8 Å². The average Bonchev–Trinajstić information content (AvgIpc) is 3.00. The van der Waals surface area contributed by atoms with E-state index in [0.717, 1.165) is 25.1 Å². The molecular weight excluding hydrogens is 390 g/mol. The predicted octanol–water partition coefficient (Wildman–Crippen LogP) is 2.84. The van der Waals surface area contributed by atoms with Crippen LogP contribution in [0.1, 0.15) is 75.9 Å². The Bertz CT molecular complexity index is 841. The molecule has 2 aliphatic carbocycles. The highest BCUT2D eigenvalue weighted by Gasteiger charge is 2.55. The van der Waals surface area contributed by atoms with E-state index in [1.165, 1.54) is 51.4 Å². The number of hydrogen-bond donors (Lipinski definition) is 2. The second-order valence-electron chi connectivity index (χ2n) is 10.3. The van der Waals surface area contributed by atoms with Crippen molar-refractivity contribution in [2.24, 2.45) is 17.8 Å². The van der Waals surface area contributed by atoms with Gasteiger partial charge in [-0.15, -0.1) is 0 Å². The molecule has 4 atom stereocenters. The van der Waals surface area contributed by atoms with Gasteiger partial charge in [0.1, 0.15) is 0 Å². The van der Waals surface area contributed by atoms with Crippen LogP contribution in [0.2, 0.25) is 0 Å². The Balaban J connectivity index is 1.47. The third-order valence-corrected chi connectivity index (χ3v) is 8.49. The van der Waals surface area contributed by atoms with Crippen LogP contribution in [-0.2, 0) is 11.3 Å². The Morgan fingerprint density at radius 3 is 2.45 bits per heavy atom. The molecule has 2 N–H and O–H groups in total.